The Hall–Kier alpha value is -1.96. The Morgan fingerprint density at radius 3 is 2.16 bits per heavy atom. The van der Waals surface area contributed by atoms with Gasteiger partial charge in [-0.3, -0.25) is 0 Å². The van der Waals surface area contributed by atoms with Crippen molar-refractivity contribution in [3.63, 3.8) is 0 Å². The average Bonchev–Trinajstić information content (AvgIpc) is 2.66. The number of hydrogen-bond acceptors (Lipinski definition) is 6. The molecule has 1 aliphatic heterocycles. The van der Waals surface area contributed by atoms with Crippen molar-refractivity contribution in [2.24, 2.45) is 0 Å². The van der Waals surface area contributed by atoms with Gasteiger partial charge < -0.3 is 29.5 Å². The quantitative estimate of drug-likeness (QED) is 0.726. The van der Waals surface area contributed by atoms with Crippen molar-refractivity contribution in [2.75, 3.05) is 6.61 Å². The van der Waals surface area contributed by atoms with E-state index in [0.29, 0.717) is 5.75 Å². The predicted octanol–water partition coefficient (Wildman–Crippen LogP) is 1.09. The van der Waals surface area contributed by atoms with E-state index in [-0.39, 0.29) is 13.2 Å². The zero-order valence-corrected chi connectivity index (χ0v) is 13.6. The average molecular weight is 346 g/mol. The van der Waals surface area contributed by atoms with E-state index in [0.717, 1.165) is 5.56 Å². The summed E-state index contributed by atoms with van der Waals surface area (Å²) in [6, 6.07) is 18.3. The molecule has 0 aliphatic carbocycles. The van der Waals surface area contributed by atoms with Crippen LogP contribution in [0.5, 0.6) is 5.75 Å². The second kappa shape index (κ2) is 8.42. The Morgan fingerprint density at radius 1 is 0.880 bits per heavy atom. The fourth-order valence-corrected chi connectivity index (χ4v) is 2.76. The van der Waals surface area contributed by atoms with Gasteiger partial charge in [-0.05, 0) is 17.7 Å². The molecule has 134 valence electrons. The van der Waals surface area contributed by atoms with Gasteiger partial charge in [-0.25, -0.2) is 0 Å². The molecule has 0 unspecified atom stereocenters. The molecule has 6 nitrogen and oxygen atoms in total. The first-order valence-corrected chi connectivity index (χ1v) is 8.18. The molecule has 0 spiro atoms. The molecule has 0 amide bonds. The van der Waals surface area contributed by atoms with Crippen LogP contribution >= 0.6 is 0 Å². The molecule has 2 aromatic carbocycles. The van der Waals surface area contributed by atoms with Gasteiger partial charge in [0.05, 0.1) is 13.2 Å². The molecule has 1 fully saturated rings. The van der Waals surface area contributed by atoms with Crippen molar-refractivity contribution < 1.29 is 29.5 Å². The van der Waals surface area contributed by atoms with Crippen LogP contribution in [0.2, 0.25) is 0 Å². The Labute approximate surface area is 146 Å². The summed E-state index contributed by atoms with van der Waals surface area (Å²) in [4.78, 5) is 0. The summed E-state index contributed by atoms with van der Waals surface area (Å²) < 4.78 is 16.9. The number of benzene rings is 2. The number of aliphatic hydroxyl groups excluding tert-OH is 3. The predicted molar refractivity (Wildman–Crippen MR) is 89.8 cm³/mol. The zero-order chi connectivity index (χ0) is 17.6. The fourth-order valence-electron chi connectivity index (χ4n) is 2.76. The van der Waals surface area contributed by atoms with Crippen LogP contribution in [0.4, 0.5) is 0 Å². The molecule has 2 aromatic rings. The molecule has 0 saturated carbocycles. The van der Waals surface area contributed by atoms with Gasteiger partial charge in [0.25, 0.3) is 0 Å². The molecular formula is C19H22O6. The number of ether oxygens (including phenoxy) is 3. The Bertz CT molecular complexity index is 633. The first-order valence-electron chi connectivity index (χ1n) is 8.18. The summed E-state index contributed by atoms with van der Waals surface area (Å²) in [5.41, 5.74) is 0.920. The second-order valence-electron chi connectivity index (χ2n) is 5.90. The van der Waals surface area contributed by atoms with Crippen molar-refractivity contribution >= 4 is 0 Å². The lowest BCUT2D eigenvalue weighted by atomic mass is 9.99. The van der Waals surface area contributed by atoms with E-state index in [1.54, 1.807) is 24.3 Å². The molecule has 1 heterocycles. The highest BCUT2D eigenvalue weighted by Crippen LogP contribution is 2.26. The number of para-hydroxylation sites is 1. The van der Waals surface area contributed by atoms with E-state index < -0.39 is 30.7 Å². The highest BCUT2D eigenvalue weighted by Gasteiger charge is 2.46. The third kappa shape index (κ3) is 4.36. The topological polar surface area (TPSA) is 88.4 Å². The number of rotatable bonds is 6. The Kier molecular flexibility index (Phi) is 6.01. The van der Waals surface area contributed by atoms with E-state index in [4.69, 9.17) is 14.2 Å². The Morgan fingerprint density at radius 2 is 1.52 bits per heavy atom. The normalized spacial score (nSPS) is 29.3. The van der Waals surface area contributed by atoms with Crippen molar-refractivity contribution in [2.45, 2.75) is 37.3 Å². The van der Waals surface area contributed by atoms with Crippen molar-refractivity contribution in [1.82, 2.24) is 0 Å². The third-order valence-corrected chi connectivity index (χ3v) is 4.10. The summed E-state index contributed by atoms with van der Waals surface area (Å²) in [5.74, 6) is 0.499. The van der Waals surface area contributed by atoms with Gasteiger partial charge in [-0.2, -0.15) is 0 Å². The molecule has 0 aromatic heterocycles. The van der Waals surface area contributed by atoms with Gasteiger partial charge in [0.15, 0.2) is 0 Å². The second-order valence-corrected chi connectivity index (χ2v) is 5.90. The minimum absolute atomic E-state index is 0.235. The lowest BCUT2D eigenvalue weighted by Gasteiger charge is -2.41. The monoisotopic (exact) mass is 346 g/mol. The minimum Gasteiger partial charge on any atom is -0.462 e. The standard InChI is InChI=1S/C19H22O6/c20-11-15-18(23-12-13-7-3-1-4-8-13)16(21)17(22)19(25-15)24-14-9-5-2-6-10-14/h1-10,15-22H,11-12H2/t15-,16-,17-,18-,19-/m1/s1. The maximum Gasteiger partial charge on any atom is 0.229 e. The lowest BCUT2D eigenvalue weighted by molar-refractivity contribution is -0.287. The SMILES string of the molecule is OC[C@H]1O[C@@H](Oc2ccccc2)[C@H](O)[C@@H](O)[C@@H]1OCc1ccccc1. The van der Waals surface area contributed by atoms with Gasteiger partial charge in [-0.1, -0.05) is 48.5 Å². The van der Waals surface area contributed by atoms with Crippen LogP contribution in [-0.4, -0.2) is 52.6 Å². The van der Waals surface area contributed by atoms with Gasteiger partial charge in [0.1, 0.15) is 30.2 Å². The lowest BCUT2D eigenvalue weighted by Crippen LogP contribution is -2.60. The largest absolute Gasteiger partial charge is 0.462 e. The van der Waals surface area contributed by atoms with E-state index in [2.05, 4.69) is 0 Å². The Balaban J connectivity index is 1.65. The summed E-state index contributed by atoms with van der Waals surface area (Å²) in [7, 11) is 0. The van der Waals surface area contributed by atoms with Crippen LogP contribution < -0.4 is 4.74 Å². The molecule has 1 aliphatic rings. The van der Waals surface area contributed by atoms with Gasteiger partial charge in [0, 0.05) is 0 Å². The van der Waals surface area contributed by atoms with Crippen LogP contribution in [-0.2, 0) is 16.1 Å². The van der Waals surface area contributed by atoms with E-state index in [1.807, 2.05) is 36.4 Å². The molecule has 3 N–H and O–H groups in total. The van der Waals surface area contributed by atoms with Gasteiger partial charge >= 0.3 is 0 Å². The van der Waals surface area contributed by atoms with Crippen LogP contribution in [0.15, 0.2) is 60.7 Å². The highest BCUT2D eigenvalue weighted by molar-refractivity contribution is 5.21. The first kappa shape index (κ1) is 17.8. The summed E-state index contributed by atoms with van der Waals surface area (Å²) in [6.45, 7) is -0.128. The highest BCUT2D eigenvalue weighted by atomic mass is 16.7. The number of hydrogen-bond donors (Lipinski definition) is 3. The van der Waals surface area contributed by atoms with Crippen LogP contribution in [0.1, 0.15) is 5.56 Å². The molecule has 3 rings (SSSR count). The summed E-state index contributed by atoms with van der Waals surface area (Å²) >= 11 is 0. The maximum absolute atomic E-state index is 10.4. The van der Waals surface area contributed by atoms with E-state index >= 15 is 0 Å². The summed E-state index contributed by atoms with van der Waals surface area (Å²) in [5, 5.41) is 30.3. The molecule has 6 heteroatoms. The summed E-state index contributed by atoms with van der Waals surface area (Å²) in [6.07, 6.45) is -5.31. The molecule has 25 heavy (non-hydrogen) atoms. The molecular weight excluding hydrogens is 324 g/mol. The van der Waals surface area contributed by atoms with Crippen LogP contribution in [0, 0.1) is 0 Å². The molecule has 5 atom stereocenters. The zero-order valence-electron chi connectivity index (χ0n) is 13.6. The molecule has 0 bridgehead atoms. The van der Waals surface area contributed by atoms with Crippen LogP contribution in [0.25, 0.3) is 0 Å². The first-order chi connectivity index (χ1) is 12.2. The fraction of sp³-hybridized carbons (Fsp3) is 0.368. The third-order valence-electron chi connectivity index (χ3n) is 4.10. The van der Waals surface area contributed by atoms with Crippen molar-refractivity contribution in [1.29, 1.82) is 0 Å². The molecule has 1 saturated heterocycles. The number of aliphatic hydroxyl groups is 3. The van der Waals surface area contributed by atoms with Gasteiger partial charge in [0.2, 0.25) is 6.29 Å². The maximum atomic E-state index is 10.4. The van der Waals surface area contributed by atoms with E-state index in [9.17, 15) is 15.3 Å². The van der Waals surface area contributed by atoms with Crippen molar-refractivity contribution in [3.8, 4) is 5.75 Å². The van der Waals surface area contributed by atoms with Crippen LogP contribution in [0.3, 0.4) is 0 Å². The minimum atomic E-state index is -1.30. The smallest absolute Gasteiger partial charge is 0.229 e. The van der Waals surface area contributed by atoms with Crippen molar-refractivity contribution in [3.05, 3.63) is 66.2 Å². The molecule has 0 radical (unpaired) electrons. The van der Waals surface area contributed by atoms with E-state index in [1.165, 1.54) is 0 Å². The van der Waals surface area contributed by atoms with Gasteiger partial charge in [-0.15, -0.1) is 0 Å².